The zero-order valence-corrected chi connectivity index (χ0v) is 11.8. The second kappa shape index (κ2) is 5.97. The van der Waals surface area contributed by atoms with Gasteiger partial charge >= 0.3 is 0 Å². The van der Waals surface area contributed by atoms with Crippen LogP contribution in [0.1, 0.15) is 22.0 Å². The lowest BCUT2D eigenvalue weighted by Gasteiger charge is -2.35. The van der Waals surface area contributed by atoms with Gasteiger partial charge in [-0.2, -0.15) is 0 Å². The molecule has 2 aromatic carbocycles. The Balaban J connectivity index is 1.98. The SMILES string of the molecule is O=C1NCCN(C(=O)c2ccccc2F)C1c1ccccc1. The van der Waals surface area contributed by atoms with Crippen LogP contribution >= 0.6 is 0 Å². The second-order valence-electron chi connectivity index (χ2n) is 5.08. The first-order valence-corrected chi connectivity index (χ1v) is 7.06. The van der Waals surface area contributed by atoms with Crippen LogP contribution in [0.2, 0.25) is 0 Å². The molecule has 2 aromatic rings. The molecule has 2 amide bonds. The monoisotopic (exact) mass is 298 g/mol. The molecule has 1 heterocycles. The quantitative estimate of drug-likeness (QED) is 0.923. The normalized spacial score (nSPS) is 18.0. The number of nitrogens with one attached hydrogen (secondary N) is 1. The van der Waals surface area contributed by atoms with Crippen molar-refractivity contribution < 1.29 is 14.0 Å². The predicted octanol–water partition coefficient (Wildman–Crippen LogP) is 2.14. The fraction of sp³-hybridized carbons (Fsp3) is 0.176. The molecular weight excluding hydrogens is 283 g/mol. The van der Waals surface area contributed by atoms with Gasteiger partial charge in [-0.3, -0.25) is 9.59 Å². The summed E-state index contributed by atoms with van der Waals surface area (Å²) in [5.41, 5.74) is 0.697. The van der Waals surface area contributed by atoms with Gasteiger partial charge in [-0.15, -0.1) is 0 Å². The van der Waals surface area contributed by atoms with E-state index in [-0.39, 0.29) is 11.5 Å². The molecule has 5 heteroatoms. The third kappa shape index (κ3) is 2.57. The first kappa shape index (κ1) is 14.3. The van der Waals surface area contributed by atoms with E-state index in [1.807, 2.05) is 18.2 Å². The largest absolute Gasteiger partial charge is 0.352 e. The van der Waals surface area contributed by atoms with Gasteiger partial charge in [-0.25, -0.2) is 4.39 Å². The molecule has 0 radical (unpaired) electrons. The van der Waals surface area contributed by atoms with E-state index in [1.54, 1.807) is 18.2 Å². The molecule has 3 rings (SSSR count). The molecule has 1 saturated heterocycles. The molecule has 1 aliphatic heterocycles. The van der Waals surface area contributed by atoms with Crippen molar-refractivity contribution in [1.29, 1.82) is 0 Å². The average Bonchev–Trinajstić information content (AvgIpc) is 2.55. The van der Waals surface area contributed by atoms with Crippen LogP contribution in [0, 0.1) is 5.82 Å². The zero-order valence-electron chi connectivity index (χ0n) is 11.8. The van der Waals surface area contributed by atoms with Crippen LogP contribution in [-0.2, 0) is 4.79 Å². The summed E-state index contributed by atoms with van der Waals surface area (Å²) in [6.45, 7) is 0.709. The Morgan fingerprint density at radius 2 is 1.77 bits per heavy atom. The molecule has 0 spiro atoms. The molecule has 4 nitrogen and oxygen atoms in total. The van der Waals surface area contributed by atoms with Gasteiger partial charge in [0.15, 0.2) is 0 Å². The Labute approximate surface area is 127 Å². The standard InChI is InChI=1S/C17H15FN2O2/c18-14-9-5-4-8-13(14)17(22)20-11-10-19-16(21)15(20)12-6-2-1-3-7-12/h1-9,15H,10-11H2,(H,19,21). The molecule has 0 bridgehead atoms. The number of amides is 2. The maximum Gasteiger partial charge on any atom is 0.257 e. The Bertz CT molecular complexity index is 703. The first-order valence-electron chi connectivity index (χ1n) is 7.06. The number of carbonyl (C=O) groups excluding carboxylic acids is 2. The van der Waals surface area contributed by atoms with Gasteiger partial charge in [0.25, 0.3) is 5.91 Å². The van der Waals surface area contributed by atoms with Gasteiger partial charge in [0, 0.05) is 13.1 Å². The van der Waals surface area contributed by atoms with Crippen LogP contribution in [-0.4, -0.2) is 29.8 Å². The highest BCUT2D eigenvalue weighted by Crippen LogP contribution is 2.25. The average molecular weight is 298 g/mol. The molecule has 112 valence electrons. The van der Waals surface area contributed by atoms with E-state index in [2.05, 4.69) is 5.32 Å². The van der Waals surface area contributed by atoms with Crippen molar-refractivity contribution in [2.45, 2.75) is 6.04 Å². The number of carbonyl (C=O) groups is 2. The smallest absolute Gasteiger partial charge is 0.257 e. The minimum Gasteiger partial charge on any atom is -0.352 e. The topological polar surface area (TPSA) is 49.4 Å². The van der Waals surface area contributed by atoms with E-state index in [4.69, 9.17) is 0 Å². The maximum absolute atomic E-state index is 13.9. The maximum atomic E-state index is 13.9. The number of rotatable bonds is 2. The summed E-state index contributed by atoms with van der Waals surface area (Å²) in [6.07, 6.45) is 0. The lowest BCUT2D eigenvalue weighted by Crippen LogP contribution is -2.52. The Kier molecular flexibility index (Phi) is 3.87. The first-order chi connectivity index (χ1) is 10.7. The molecule has 1 N–H and O–H groups in total. The molecule has 0 aliphatic carbocycles. The Morgan fingerprint density at radius 1 is 1.09 bits per heavy atom. The van der Waals surface area contributed by atoms with E-state index in [1.165, 1.54) is 23.1 Å². The second-order valence-corrected chi connectivity index (χ2v) is 5.08. The summed E-state index contributed by atoms with van der Waals surface area (Å²) >= 11 is 0. The van der Waals surface area contributed by atoms with Crippen molar-refractivity contribution in [3.05, 3.63) is 71.5 Å². The van der Waals surface area contributed by atoms with E-state index in [9.17, 15) is 14.0 Å². The van der Waals surface area contributed by atoms with Gasteiger partial charge in [0.05, 0.1) is 5.56 Å². The molecule has 1 aliphatic rings. The van der Waals surface area contributed by atoms with Crippen LogP contribution in [0.25, 0.3) is 0 Å². The fourth-order valence-electron chi connectivity index (χ4n) is 2.64. The van der Waals surface area contributed by atoms with Gasteiger partial charge < -0.3 is 10.2 Å². The van der Waals surface area contributed by atoms with Crippen LogP contribution in [0.15, 0.2) is 54.6 Å². The van der Waals surface area contributed by atoms with Crippen molar-refractivity contribution >= 4 is 11.8 Å². The number of benzene rings is 2. The minimum absolute atomic E-state index is 0.0156. The predicted molar refractivity (Wildman–Crippen MR) is 79.6 cm³/mol. The summed E-state index contributed by atoms with van der Waals surface area (Å²) in [7, 11) is 0. The highest BCUT2D eigenvalue weighted by atomic mass is 19.1. The number of halogens is 1. The highest BCUT2D eigenvalue weighted by Gasteiger charge is 2.35. The minimum atomic E-state index is -0.734. The van der Waals surface area contributed by atoms with Crippen molar-refractivity contribution in [2.75, 3.05) is 13.1 Å². The third-order valence-electron chi connectivity index (χ3n) is 3.69. The van der Waals surface area contributed by atoms with Gasteiger partial charge in [0.2, 0.25) is 5.91 Å². The van der Waals surface area contributed by atoms with Gasteiger partial charge in [0.1, 0.15) is 11.9 Å². The van der Waals surface area contributed by atoms with Crippen molar-refractivity contribution in [3.8, 4) is 0 Å². The number of piperazine rings is 1. The number of hydrogen-bond acceptors (Lipinski definition) is 2. The summed E-state index contributed by atoms with van der Waals surface area (Å²) in [6, 6.07) is 14.1. The lowest BCUT2D eigenvalue weighted by molar-refractivity contribution is -0.128. The summed E-state index contributed by atoms with van der Waals surface area (Å²) in [5, 5.41) is 2.75. The van der Waals surface area contributed by atoms with E-state index < -0.39 is 17.8 Å². The molecule has 0 aromatic heterocycles. The molecule has 1 atom stereocenters. The van der Waals surface area contributed by atoms with Crippen LogP contribution < -0.4 is 5.32 Å². The van der Waals surface area contributed by atoms with Crippen molar-refractivity contribution in [1.82, 2.24) is 10.2 Å². The molecule has 0 saturated carbocycles. The van der Waals surface area contributed by atoms with E-state index in [0.29, 0.717) is 18.7 Å². The Hall–Kier alpha value is -2.69. The number of nitrogens with zero attached hydrogens (tertiary/aromatic N) is 1. The van der Waals surface area contributed by atoms with Crippen molar-refractivity contribution in [3.63, 3.8) is 0 Å². The zero-order chi connectivity index (χ0) is 15.5. The van der Waals surface area contributed by atoms with E-state index >= 15 is 0 Å². The van der Waals surface area contributed by atoms with Gasteiger partial charge in [-0.1, -0.05) is 42.5 Å². The van der Waals surface area contributed by atoms with E-state index in [0.717, 1.165) is 0 Å². The molecule has 22 heavy (non-hydrogen) atoms. The van der Waals surface area contributed by atoms with Crippen molar-refractivity contribution in [2.24, 2.45) is 0 Å². The third-order valence-corrected chi connectivity index (χ3v) is 3.69. The van der Waals surface area contributed by atoms with Crippen LogP contribution in [0.3, 0.4) is 0 Å². The Morgan fingerprint density at radius 3 is 2.50 bits per heavy atom. The summed E-state index contributed by atoms with van der Waals surface area (Å²) in [5.74, 6) is -1.30. The summed E-state index contributed by atoms with van der Waals surface area (Å²) in [4.78, 5) is 26.3. The van der Waals surface area contributed by atoms with Crippen LogP contribution in [0.4, 0.5) is 4.39 Å². The highest BCUT2D eigenvalue weighted by molar-refractivity contribution is 5.98. The van der Waals surface area contributed by atoms with Crippen LogP contribution in [0.5, 0.6) is 0 Å². The van der Waals surface area contributed by atoms with Gasteiger partial charge in [-0.05, 0) is 17.7 Å². The fourth-order valence-corrected chi connectivity index (χ4v) is 2.64. The molecule has 1 fully saturated rings. The molecule has 1 unspecified atom stereocenters. The lowest BCUT2D eigenvalue weighted by atomic mass is 10.0. The number of hydrogen-bond donors (Lipinski definition) is 1. The summed E-state index contributed by atoms with van der Waals surface area (Å²) < 4.78 is 13.9. The molecular formula is C17H15FN2O2.